The van der Waals surface area contributed by atoms with Crippen LogP contribution in [0.15, 0.2) is 48.7 Å². The number of para-hydroxylation sites is 1. The van der Waals surface area contributed by atoms with Gasteiger partial charge in [-0.05, 0) is 24.3 Å². The van der Waals surface area contributed by atoms with Crippen molar-refractivity contribution in [3.05, 3.63) is 58.7 Å². The van der Waals surface area contributed by atoms with Gasteiger partial charge in [0, 0.05) is 17.3 Å². The average Bonchev–Trinajstić information content (AvgIpc) is 2.45. The van der Waals surface area contributed by atoms with Gasteiger partial charge in [-0.2, -0.15) is 0 Å². The number of nitrogen functional groups attached to an aromatic ring is 1. The van der Waals surface area contributed by atoms with Crippen LogP contribution < -0.4 is 11.1 Å². The molecule has 0 aliphatic carbocycles. The molecule has 20 heavy (non-hydrogen) atoms. The van der Waals surface area contributed by atoms with Crippen molar-refractivity contribution in [2.75, 3.05) is 11.1 Å². The predicted octanol–water partition coefficient (Wildman–Crippen LogP) is 4.87. The van der Waals surface area contributed by atoms with E-state index in [0.29, 0.717) is 15.7 Å². The van der Waals surface area contributed by atoms with Crippen LogP contribution in [-0.4, -0.2) is 4.98 Å². The molecule has 0 atom stereocenters. The third kappa shape index (κ3) is 2.26. The SMILES string of the molecule is Nc1cccc2c(Nc3cccc(Cl)c3Cl)ccnc12. The molecule has 0 saturated heterocycles. The first kappa shape index (κ1) is 13.0. The molecule has 0 spiro atoms. The van der Waals surface area contributed by atoms with E-state index in [1.54, 1.807) is 12.3 Å². The summed E-state index contributed by atoms with van der Waals surface area (Å²) in [5.74, 6) is 0. The summed E-state index contributed by atoms with van der Waals surface area (Å²) < 4.78 is 0. The van der Waals surface area contributed by atoms with Crippen molar-refractivity contribution in [3.63, 3.8) is 0 Å². The van der Waals surface area contributed by atoms with Crippen molar-refractivity contribution in [2.24, 2.45) is 0 Å². The van der Waals surface area contributed by atoms with E-state index < -0.39 is 0 Å². The second-order valence-corrected chi connectivity index (χ2v) is 5.11. The topological polar surface area (TPSA) is 50.9 Å². The molecule has 3 aromatic rings. The van der Waals surface area contributed by atoms with Crippen LogP contribution in [0.1, 0.15) is 0 Å². The highest BCUT2D eigenvalue weighted by molar-refractivity contribution is 6.43. The van der Waals surface area contributed by atoms with Crippen LogP contribution in [-0.2, 0) is 0 Å². The molecular formula is C15H11Cl2N3. The Bertz CT molecular complexity index is 787. The maximum atomic E-state index is 6.19. The monoisotopic (exact) mass is 303 g/mol. The molecule has 0 fully saturated rings. The second kappa shape index (κ2) is 5.19. The van der Waals surface area contributed by atoms with Crippen LogP contribution in [0.2, 0.25) is 10.0 Å². The number of nitrogens with two attached hydrogens (primary N) is 1. The van der Waals surface area contributed by atoms with Crippen molar-refractivity contribution >= 4 is 51.2 Å². The first-order valence-corrected chi connectivity index (χ1v) is 6.76. The minimum absolute atomic E-state index is 0.489. The van der Waals surface area contributed by atoms with Crippen LogP contribution in [0, 0.1) is 0 Å². The van der Waals surface area contributed by atoms with Crippen molar-refractivity contribution in [1.82, 2.24) is 4.98 Å². The number of aromatic nitrogens is 1. The first-order chi connectivity index (χ1) is 9.66. The number of pyridine rings is 1. The summed E-state index contributed by atoms with van der Waals surface area (Å²) in [6.07, 6.45) is 1.71. The number of halogens is 2. The van der Waals surface area contributed by atoms with Gasteiger partial charge in [0.05, 0.1) is 26.9 Å². The fourth-order valence-electron chi connectivity index (χ4n) is 2.05. The summed E-state index contributed by atoms with van der Waals surface area (Å²) >= 11 is 12.2. The van der Waals surface area contributed by atoms with Gasteiger partial charge in [0.15, 0.2) is 0 Å². The minimum Gasteiger partial charge on any atom is -0.397 e. The first-order valence-electron chi connectivity index (χ1n) is 6.01. The van der Waals surface area contributed by atoms with Crippen LogP contribution >= 0.6 is 23.2 Å². The molecule has 0 aliphatic heterocycles. The number of hydrogen-bond donors (Lipinski definition) is 2. The maximum Gasteiger partial charge on any atom is 0.0951 e. The largest absolute Gasteiger partial charge is 0.397 e. The summed E-state index contributed by atoms with van der Waals surface area (Å²) in [5.41, 5.74) is 8.96. The third-order valence-electron chi connectivity index (χ3n) is 3.02. The van der Waals surface area contributed by atoms with Gasteiger partial charge in [-0.1, -0.05) is 41.4 Å². The summed E-state index contributed by atoms with van der Waals surface area (Å²) in [7, 11) is 0. The van der Waals surface area contributed by atoms with Gasteiger partial charge < -0.3 is 11.1 Å². The second-order valence-electron chi connectivity index (χ2n) is 4.33. The lowest BCUT2D eigenvalue weighted by Crippen LogP contribution is -1.95. The number of nitrogens with zero attached hydrogens (tertiary/aromatic N) is 1. The number of rotatable bonds is 2. The van der Waals surface area contributed by atoms with Crippen molar-refractivity contribution in [1.29, 1.82) is 0 Å². The average molecular weight is 304 g/mol. The summed E-state index contributed by atoms with van der Waals surface area (Å²) in [6, 6.07) is 13.0. The highest BCUT2D eigenvalue weighted by Crippen LogP contribution is 2.34. The van der Waals surface area contributed by atoms with E-state index in [4.69, 9.17) is 28.9 Å². The Morgan fingerprint density at radius 2 is 1.75 bits per heavy atom. The molecule has 0 saturated carbocycles. The Labute approximate surface area is 126 Å². The highest BCUT2D eigenvalue weighted by atomic mass is 35.5. The lowest BCUT2D eigenvalue weighted by atomic mass is 10.1. The molecule has 1 aromatic heterocycles. The van der Waals surface area contributed by atoms with Gasteiger partial charge in [0.2, 0.25) is 0 Å². The fourth-order valence-corrected chi connectivity index (χ4v) is 2.40. The Hall–Kier alpha value is -1.97. The number of fused-ring (bicyclic) bond motifs is 1. The zero-order valence-corrected chi connectivity index (χ0v) is 11.9. The molecule has 0 aliphatic rings. The molecule has 3 N–H and O–H groups in total. The van der Waals surface area contributed by atoms with E-state index in [2.05, 4.69) is 10.3 Å². The molecule has 0 bridgehead atoms. The van der Waals surface area contributed by atoms with Crippen LogP contribution in [0.25, 0.3) is 10.9 Å². The third-order valence-corrected chi connectivity index (χ3v) is 3.84. The number of benzene rings is 2. The van der Waals surface area contributed by atoms with E-state index in [0.717, 1.165) is 22.3 Å². The Kier molecular flexibility index (Phi) is 3.38. The molecule has 3 nitrogen and oxygen atoms in total. The lowest BCUT2D eigenvalue weighted by molar-refractivity contribution is 1.40. The van der Waals surface area contributed by atoms with E-state index in [1.807, 2.05) is 36.4 Å². The molecule has 100 valence electrons. The van der Waals surface area contributed by atoms with E-state index in [1.165, 1.54) is 0 Å². The fraction of sp³-hybridized carbons (Fsp3) is 0. The summed E-state index contributed by atoms with van der Waals surface area (Å²) in [6.45, 7) is 0. The number of nitrogens with one attached hydrogen (secondary N) is 1. The van der Waals surface area contributed by atoms with E-state index >= 15 is 0 Å². The van der Waals surface area contributed by atoms with Crippen LogP contribution in [0.5, 0.6) is 0 Å². The van der Waals surface area contributed by atoms with Gasteiger partial charge in [0.25, 0.3) is 0 Å². The van der Waals surface area contributed by atoms with Gasteiger partial charge in [0.1, 0.15) is 0 Å². The number of hydrogen-bond acceptors (Lipinski definition) is 3. The standard InChI is InChI=1S/C15H11Cl2N3/c16-10-4-2-6-13(14(10)17)20-12-7-8-19-15-9(12)3-1-5-11(15)18/h1-8H,18H2,(H,19,20). The van der Waals surface area contributed by atoms with Crippen molar-refractivity contribution in [3.8, 4) is 0 Å². The maximum absolute atomic E-state index is 6.19. The molecule has 1 heterocycles. The van der Waals surface area contributed by atoms with E-state index in [9.17, 15) is 0 Å². The molecule has 0 radical (unpaired) electrons. The van der Waals surface area contributed by atoms with Gasteiger partial charge in [-0.15, -0.1) is 0 Å². The Morgan fingerprint density at radius 3 is 2.60 bits per heavy atom. The molecule has 2 aromatic carbocycles. The summed E-state index contributed by atoms with van der Waals surface area (Å²) in [5, 5.41) is 5.20. The quantitative estimate of drug-likeness (QED) is 0.664. The highest BCUT2D eigenvalue weighted by Gasteiger charge is 2.08. The Morgan fingerprint density at radius 1 is 0.950 bits per heavy atom. The molecule has 5 heteroatoms. The smallest absolute Gasteiger partial charge is 0.0951 e. The van der Waals surface area contributed by atoms with Gasteiger partial charge in [-0.3, -0.25) is 4.98 Å². The summed E-state index contributed by atoms with van der Waals surface area (Å²) in [4.78, 5) is 4.30. The normalized spacial score (nSPS) is 10.7. The number of anilines is 3. The minimum atomic E-state index is 0.489. The molecule has 0 amide bonds. The van der Waals surface area contributed by atoms with Gasteiger partial charge in [-0.25, -0.2) is 0 Å². The van der Waals surface area contributed by atoms with E-state index in [-0.39, 0.29) is 0 Å². The van der Waals surface area contributed by atoms with Crippen molar-refractivity contribution in [2.45, 2.75) is 0 Å². The molecule has 0 unspecified atom stereocenters. The van der Waals surface area contributed by atoms with Crippen LogP contribution in [0.3, 0.4) is 0 Å². The molecular weight excluding hydrogens is 293 g/mol. The van der Waals surface area contributed by atoms with Crippen molar-refractivity contribution < 1.29 is 0 Å². The lowest BCUT2D eigenvalue weighted by Gasteiger charge is -2.12. The van der Waals surface area contributed by atoms with Gasteiger partial charge >= 0.3 is 0 Å². The van der Waals surface area contributed by atoms with Crippen LogP contribution in [0.4, 0.5) is 17.1 Å². The predicted molar refractivity (Wildman–Crippen MR) is 85.9 cm³/mol. The Balaban J connectivity index is 2.12. The molecule has 3 rings (SSSR count). The zero-order chi connectivity index (χ0) is 14.1. The zero-order valence-electron chi connectivity index (χ0n) is 10.4.